The van der Waals surface area contributed by atoms with Crippen LogP contribution in [0.4, 0.5) is 11.5 Å². The van der Waals surface area contributed by atoms with Crippen LogP contribution in [0, 0.1) is 13.5 Å². The Bertz CT molecular complexity index is 1560. The highest BCUT2D eigenvalue weighted by molar-refractivity contribution is 7.59. The van der Waals surface area contributed by atoms with Crippen molar-refractivity contribution in [1.29, 1.82) is 0 Å². The van der Waals surface area contributed by atoms with Gasteiger partial charge in [0.25, 0.3) is 0 Å². The first-order chi connectivity index (χ1) is 20.9. The molecule has 1 saturated heterocycles. The molecule has 2 aromatic carbocycles. The number of likely N-dealkylation sites (N-methyl/N-ethyl adjacent to an activating group) is 1. The molecule has 0 bridgehead atoms. The average Bonchev–Trinajstić information content (AvgIpc) is 3.88. The number of nitrogens with zero attached hydrogens (tertiary/aromatic N) is 7. The molecular formula is C34H43N7O2S. The Balaban J connectivity index is 0.00000384. The van der Waals surface area contributed by atoms with Gasteiger partial charge in [-0.05, 0) is 63.2 Å². The largest absolute Gasteiger partial charge is 0.462 e. The van der Waals surface area contributed by atoms with Crippen LogP contribution >= 0.6 is 13.5 Å². The van der Waals surface area contributed by atoms with Crippen molar-refractivity contribution in [3.63, 3.8) is 0 Å². The molecule has 1 saturated carbocycles. The summed E-state index contributed by atoms with van der Waals surface area (Å²) in [5.74, 6) is 0.745. The number of fused-ring (bicyclic) bond motifs is 2. The molecule has 9 nitrogen and oxygen atoms in total. The minimum Gasteiger partial charge on any atom is -0.462 e. The number of aryl methyl sites for hydroxylation is 1. The van der Waals surface area contributed by atoms with Gasteiger partial charge in [-0.15, -0.1) is 0 Å². The first kappa shape index (κ1) is 31.6. The SMILES string of the molecule is S.[C-]#[N+]CC1CN(c2nc(OC[C@H](C)N(C)C3CC3)nc3c2CCN(c2cccc4cccc(C)c24)C3)CCN1C(=O)C=C. The van der Waals surface area contributed by atoms with E-state index >= 15 is 0 Å². The fraction of sp³-hybridized carbons (Fsp3) is 0.471. The lowest BCUT2D eigenvalue weighted by molar-refractivity contribution is -0.128. The quantitative estimate of drug-likeness (QED) is 0.258. The van der Waals surface area contributed by atoms with Crippen molar-refractivity contribution in [3.05, 3.63) is 77.3 Å². The summed E-state index contributed by atoms with van der Waals surface area (Å²) in [6, 6.07) is 14.0. The van der Waals surface area contributed by atoms with Gasteiger partial charge >= 0.3 is 6.01 Å². The molecular weight excluding hydrogens is 570 g/mol. The minimum absolute atomic E-state index is 0. The Labute approximate surface area is 267 Å². The van der Waals surface area contributed by atoms with Gasteiger partial charge in [0.2, 0.25) is 12.5 Å². The lowest BCUT2D eigenvalue weighted by atomic mass is 9.99. The van der Waals surface area contributed by atoms with Crippen LogP contribution in [0.25, 0.3) is 15.6 Å². The summed E-state index contributed by atoms with van der Waals surface area (Å²) in [4.78, 5) is 35.0. The van der Waals surface area contributed by atoms with Gasteiger partial charge in [-0.3, -0.25) is 9.69 Å². The summed E-state index contributed by atoms with van der Waals surface area (Å²) >= 11 is 0. The smallest absolute Gasteiger partial charge is 0.318 e. The number of rotatable bonds is 9. The fourth-order valence-corrected chi connectivity index (χ4v) is 6.56. The number of amides is 1. The molecule has 1 amide bonds. The predicted octanol–water partition coefficient (Wildman–Crippen LogP) is 4.60. The molecule has 0 N–H and O–H groups in total. The maximum absolute atomic E-state index is 12.6. The summed E-state index contributed by atoms with van der Waals surface area (Å²) in [7, 11) is 2.16. The molecule has 3 heterocycles. The summed E-state index contributed by atoms with van der Waals surface area (Å²) in [6.45, 7) is 19.5. The molecule has 3 aromatic rings. The van der Waals surface area contributed by atoms with Crippen molar-refractivity contribution in [2.75, 3.05) is 56.2 Å². The van der Waals surface area contributed by atoms with E-state index < -0.39 is 0 Å². The number of hydrogen-bond acceptors (Lipinski definition) is 7. The Hall–Kier alpha value is -3.81. The van der Waals surface area contributed by atoms with E-state index in [1.807, 2.05) is 0 Å². The van der Waals surface area contributed by atoms with Crippen molar-refractivity contribution < 1.29 is 9.53 Å². The molecule has 232 valence electrons. The second-order valence-electron chi connectivity index (χ2n) is 12.1. The van der Waals surface area contributed by atoms with Crippen molar-refractivity contribution >= 4 is 41.7 Å². The minimum atomic E-state index is -0.224. The number of carbonyl (C=O) groups excluding carboxylic acids is 1. The van der Waals surface area contributed by atoms with E-state index in [9.17, 15) is 4.79 Å². The second kappa shape index (κ2) is 13.4. The second-order valence-corrected chi connectivity index (χ2v) is 12.1. The van der Waals surface area contributed by atoms with Crippen LogP contribution in [0.15, 0.2) is 49.1 Å². The van der Waals surface area contributed by atoms with Crippen LogP contribution in [-0.4, -0.2) is 90.2 Å². The van der Waals surface area contributed by atoms with Crippen molar-refractivity contribution in [3.8, 4) is 6.01 Å². The Kier molecular flexibility index (Phi) is 9.66. The third-order valence-corrected chi connectivity index (χ3v) is 9.27. The van der Waals surface area contributed by atoms with Gasteiger partial charge < -0.3 is 24.3 Å². The molecule has 0 spiro atoms. The molecule has 1 aliphatic carbocycles. The van der Waals surface area contributed by atoms with E-state index in [-0.39, 0.29) is 38.0 Å². The monoisotopic (exact) mass is 613 g/mol. The number of benzene rings is 2. The standard InChI is InChI=1S/C34H41N7O2.H2S/c1-6-31(42)41-18-17-40(20-27(41)19-35-4)33-28-15-16-39(30-12-8-11-25-10-7-9-23(2)32(25)30)21-29(28)36-34(37-33)43-22-24(3)38(5)26-13-14-26;/h6-12,24,26-27H,1,13-22H2,2-3,5H3;1H2/t24-,27?;/m0./s1. The Morgan fingerprint density at radius 3 is 2.68 bits per heavy atom. The topological polar surface area (TPSA) is 69.4 Å². The molecule has 2 aliphatic heterocycles. The number of aromatic nitrogens is 2. The van der Waals surface area contributed by atoms with Crippen LogP contribution in [0.3, 0.4) is 0 Å². The van der Waals surface area contributed by atoms with Crippen LogP contribution in [0.1, 0.15) is 36.6 Å². The summed E-state index contributed by atoms with van der Waals surface area (Å²) in [5.41, 5.74) is 4.59. The number of ether oxygens (including phenoxy) is 1. The lowest BCUT2D eigenvalue weighted by Crippen LogP contribution is -2.56. The van der Waals surface area contributed by atoms with Crippen LogP contribution in [-0.2, 0) is 17.8 Å². The first-order valence-electron chi connectivity index (χ1n) is 15.4. The highest BCUT2D eigenvalue weighted by Gasteiger charge is 2.35. The van der Waals surface area contributed by atoms with Crippen molar-refractivity contribution in [1.82, 2.24) is 19.8 Å². The Morgan fingerprint density at radius 2 is 1.95 bits per heavy atom. The maximum Gasteiger partial charge on any atom is 0.318 e. The van der Waals surface area contributed by atoms with Gasteiger partial charge in [-0.25, -0.2) is 6.57 Å². The molecule has 3 aliphatic rings. The van der Waals surface area contributed by atoms with E-state index in [0.29, 0.717) is 44.8 Å². The van der Waals surface area contributed by atoms with E-state index in [0.717, 1.165) is 30.0 Å². The number of hydrogen-bond donors (Lipinski definition) is 0. The van der Waals surface area contributed by atoms with Crippen LogP contribution in [0.5, 0.6) is 6.01 Å². The fourth-order valence-electron chi connectivity index (χ4n) is 6.56. The van der Waals surface area contributed by atoms with E-state index in [2.05, 4.69) is 83.4 Å². The molecule has 1 aromatic heterocycles. The summed E-state index contributed by atoms with van der Waals surface area (Å²) < 4.78 is 6.31. The van der Waals surface area contributed by atoms with Gasteiger partial charge in [-0.1, -0.05) is 36.9 Å². The average molecular weight is 614 g/mol. The van der Waals surface area contributed by atoms with E-state index in [1.54, 1.807) is 4.90 Å². The zero-order valence-corrected chi connectivity index (χ0v) is 27.0. The zero-order valence-electron chi connectivity index (χ0n) is 26.0. The van der Waals surface area contributed by atoms with Crippen molar-refractivity contribution in [2.45, 2.75) is 57.8 Å². The van der Waals surface area contributed by atoms with Crippen molar-refractivity contribution in [2.24, 2.45) is 0 Å². The van der Waals surface area contributed by atoms with Gasteiger partial charge in [0.05, 0.1) is 12.2 Å². The summed E-state index contributed by atoms with van der Waals surface area (Å²) in [6.07, 6.45) is 4.63. The third kappa shape index (κ3) is 6.35. The highest BCUT2D eigenvalue weighted by Crippen LogP contribution is 2.36. The Morgan fingerprint density at radius 1 is 1.18 bits per heavy atom. The lowest BCUT2D eigenvalue weighted by Gasteiger charge is -2.41. The van der Waals surface area contributed by atoms with Crippen LogP contribution in [0.2, 0.25) is 0 Å². The van der Waals surface area contributed by atoms with Gasteiger partial charge in [0.15, 0.2) is 0 Å². The number of carbonyl (C=O) groups is 1. The van der Waals surface area contributed by atoms with Gasteiger partial charge in [0, 0.05) is 54.9 Å². The molecule has 10 heteroatoms. The van der Waals surface area contributed by atoms with Gasteiger partial charge in [-0.2, -0.15) is 23.5 Å². The number of anilines is 2. The zero-order chi connectivity index (χ0) is 30.1. The first-order valence-corrected chi connectivity index (χ1v) is 15.4. The highest BCUT2D eigenvalue weighted by atomic mass is 32.1. The molecule has 1 unspecified atom stereocenters. The van der Waals surface area contributed by atoms with E-state index in [4.69, 9.17) is 21.3 Å². The normalized spacial score (nSPS) is 18.8. The molecule has 2 atom stereocenters. The molecule has 0 radical (unpaired) electrons. The predicted molar refractivity (Wildman–Crippen MR) is 181 cm³/mol. The third-order valence-electron chi connectivity index (χ3n) is 9.27. The molecule has 44 heavy (non-hydrogen) atoms. The van der Waals surface area contributed by atoms with Crippen LogP contribution < -0.4 is 14.5 Å². The number of piperazine rings is 1. The molecule has 6 rings (SSSR count). The maximum atomic E-state index is 12.6. The van der Waals surface area contributed by atoms with Gasteiger partial charge in [0.1, 0.15) is 18.5 Å². The summed E-state index contributed by atoms with van der Waals surface area (Å²) in [5, 5.41) is 2.52. The van der Waals surface area contributed by atoms with E-state index in [1.165, 1.54) is 40.9 Å². The molecule has 2 fully saturated rings.